The highest BCUT2D eigenvalue weighted by atomic mass is 35.5. The van der Waals surface area contributed by atoms with Crippen molar-refractivity contribution < 1.29 is 14.7 Å². The molecule has 3 atom stereocenters. The van der Waals surface area contributed by atoms with Gasteiger partial charge in [0.25, 0.3) is 5.91 Å². The third-order valence-electron chi connectivity index (χ3n) is 4.70. The Hall–Kier alpha value is -1.55. The first kappa shape index (κ1) is 14.4. The minimum absolute atomic E-state index is 0.0722. The first-order chi connectivity index (χ1) is 10.1. The molecule has 112 valence electrons. The molecule has 21 heavy (non-hydrogen) atoms. The number of carboxylic acids is 1. The molecule has 1 saturated heterocycles. The van der Waals surface area contributed by atoms with Crippen LogP contribution in [0.5, 0.6) is 0 Å². The van der Waals surface area contributed by atoms with Crippen LogP contribution in [0.2, 0.25) is 5.02 Å². The van der Waals surface area contributed by atoms with Crippen LogP contribution in [0.1, 0.15) is 42.5 Å². The monoisotopic (exact) mass is 307 g/mol. The lowest BCUT2D eigenvalue weighted by Crippen LogP contribution is -2.46. The Morgan fingerprint density at radius 1 is 1.14 bits per heavy atom. The van der Waals surface area contributed by atoms with Gasteiger partial charge in [0.15, 0.2) is 0 Å². The molecule has 0 unspecified atom stereocenters. The van der Waals surface area contributed by atoms with Crippen molar-refractivity contribution in [3.05, 3.63) is 34.9 Å². The predicted octanol–water partition coefficient (Wildman–Crippen LogP) is 3.20. The SMILES string of the molecule is O=C(O)[C@H]1C[C@@H]2CCCC[C@H]2N1C(=O)c1ccc(Cl)cc1. The Balaban J connectivity index is 1.90. The van der Waals surface area contributed by atoms with Gasteiger partial charge in [-0.15, -0.1) is 0 Å². The van der Waals surface area contributed by atoms with Crippen molar-refractivity contribution in [1.82, 2.24) is 4.90 Å². The van der Waals surface area contributed by atoms with Gasteiger partial charge in [0, 0.05) is 16.6 Å². The van der Waals surface area contributed by atoms with E-state index in [0.717, 1.165) is 25.7 Å². The molecule has 1 aliphatic carbocycles. The summed E-state index contributed by atoms with van der Waals surface area (Å²) in [4.78, 5) is 25.9. The second-order valence-electron chi connectivity index (χ2n) is 5.92. The molecule has 1 aliphatic heterocycles. The first-order valence-electron chi connectivity index (χ1n) is 7.39. The van der Waals surface area contributed by atoms with Crippen LogP contribution < -0.4 is 0 Å². The number of benzene rings is 1. The van der Waals surface area contributed by atoms with Crippen LogP contribution in [0.3, 0.4) is 0 Å². The van der Waals surface area contributed by atoms with E-state index in [1.807, 2.05) is 0 Å². The van der Waals surface area contributed by atoms with Gasteiger partial charge in [0.1, 0.15) is 6.04 Å². The van der Waals surface area contributed by atoms with E-state index < -0.39 is 12.0 Å². The van der Waals surface area contributed by atoms with Gasteiger partial charge >= 0.3 is 5.97 Å². The van der Waals surface area contributed by atoms with E-state index in [1.165, 1.54) is 0 Å². The van der Waals surface area contributed by atoms with Crippen LogP contribution in [-0.2, 0) is 4.79 Å². The molecule has 0 bridgehead atoms. The summed E-state index contributed by atoms with van der Waals surface area (Å²) in [5.41, 5.74) is 0.511. The summed E-state index contributed by atoms with van der Waals surface area (Å²) in [6, 6.07) is 6.04. The van der Waals surface area contributed by atoms with Crippen molar-refractivity contribution in [2.45, 2.75) is 44.2 Å². The number of carbonyl (C=O) groups excluding carboxylic acids is 1. The smallest absolute Gasteiger partial charge is 0.326 e. The third-order valence-corrected chi connectivity index (χ3v) is 4.95. The fraction of sp³-hybridized carbons (Fsp3) is 0.500. The molecule has 2 fully saturated rings. The molecule has 1 saturated carbocycles. The molecule has 4 nitrogen and oxygen atoms in total. The van der Waals surface area contributed by atoms with E-state index in [4.69, 9.17) is 11.6 Å². The van der Waals surface area contributed by atoms with E-state index in [1.54, 1.807) is 29.2 Å². The molecule has 5 heteroatoms. The largest absolute Gasteiger partial charge is 0.480 e. The maximum Gasteiger partial charge on any atom is 0.326 e. The zero-order valence-electron chi connectivity index (χ0n) is 11.7. The van der Waals surface area contributed by atoms with Gasteiger partial charge in [0.2, 0.25) is 0 Å². The Labute approximate surface area is 128 Å². The summed E-state index contributed by atoms with van der Waals surface area (Å²) < 4.78 is 0. The Morgan fingerprint density at radius 3 is 2.48 bits per heavy atom. The van der Waals surface area contributed by atoms with E-state index in [2.05, 4.69) is 0 Å². The fourth-order valence-corrected chi connectivity index (χ4v) is 3.84. The lowest BCUT2D eigenvalue weighted by molar-refractivity contribution is -0.141. The molecule has 0 spiro atoms. The minimum Gasteiger partial charge on any atom is -0.480 e. The minimum atomic E-state index is -0.897. The Morgan fingerprint density at radius 2 is 1.81 bits per heavy atom. The van der Waals surface area contributed by atoms with Crippen LogP contribution >= 0.6 is 11.6 Å². The molecule has 0 aromatic heterocycles. The number of halogens is 1. The van der Waals surface area contributed by atoms with Crippen molar-refractivity contribution in [3.63, 3.8) is 0 Å². The summed E-state index contributed by atoms with van der Waals surface area (Å²) in [5, 5.41) is 10.0. The summed E-state index contributed by atoms with van der Waals surface area (Å²) in [6.45, 7) is 0. The molecular weight excluding hydrogens is 290 g/mol. The van der Waals surface area contributed by atoms with Crippen molar-refractivity contribution in [2.75, 3.05) is 0 Å². The molecule has 1 N–H and O–H groups in total. The van der Waals surface area contributed by atoms with Gasteiger partial charge in [-0.3, -0.25) is 4.79 Å². The number of aliphatic carboxylic acids is 1. The number of likely N-dealkylation sites (tertiary alicyclic amines) is 1. The molecule has 0 radical (unpaired) electrons. The van der Waals surface area contributed by atoms with Crippen LogP contribution in [0.15, 0.2) is 24.3 Å². The van der Waals surface area contributed by atoms with Gasteiger partial charge < -0.3 is 10.0 Å². The zero-order valence-corrected chi connectivity index (χ0v) is 12.4. The fourth-order valence-electron chi connectivity index (χ4n) is 3.71. The maximum atomic E-state index is 12.7. The summed E-state index contributed by atoms with van der Waals surface area (Å²) in [5.74, 6) is -0.753. The van der Waals surface area contributed by atoms with Gasteiger partial charge in [-0.1, -0.05) is 24.4 Å². The molecule has 2 aliphatic rings. The van der Waals surface area contributed by atoms with Crippen molar-refractivity contribution in [1.29, 1.82) is 0 Å². The van der Waals surface area contributed by atoms with Gasteiger partial charge in [-0.25, -0.2) is 4.79 Å². The number of rotatable bonds is 2. The van der Waals surface area contributed by atoms with Gasteiger partial charge in [-0.2, -0.15) is 0 Å². The molecule has 1 heterocycles. The molecule has 1 aromatic rings. The second-order valence-corrected chi connectivity index (χ2v) is 6.36. The van der Waals surface area contributed by atoms with Gasteiger partial charge in [0.05, 0.1) is 0 Å². The van der Waals surface area contributed by atoms with E-state index >= 15 is 0 Å². The first-order valence-corrected chi connectivity index (χ1v) is 7.77. The summed E-state index contributed by atoms with van der Waals surface area (Å²) in [6.07, 6.45) is 4.72. The Bertz CT molecular complexity index is 557. The number of nitrogens with zero attached hydrogens (tertiary/aromatic N) is 1. The molecule has 3 rings (SSSR count). The highest BCUT2D eigenvalue weighted by molar-refractivity contribution is 6.30. The second kappa shape index (κ2) is 5.68. The lowest BCUT2D eigenvalue weighted by atomic mass is 9.84. The third kappa shape index (κ3) is 2.64. The van der Waals surface area contributed by atoms with Crippen molar-refractivity contribution in [3.8, 4) is 0 Å². The molecular formula is C16H18ClNO3. The lowest BCUT2D eigenvalue weighted by Gasteiger charge is -2.33. The number of carbonyl (C=O) groups is 2. The van der Waals surface area contributed by atoms with Crippen LogP contribution in [0.4, 0.5) is 0 Å². The molecule has 1 amide bonds. The van der Waals surface area contributed by atoms with E-state index in [-0.39, 0.29) is 11.9 Å². The number of amides is 1. The quantitative estimate of drug-likeness (QED) is 0.913. The summed E-state index contributed by atoms with van der Waals surface area (Å²) >= 11 is 5.85. The average molecular weight is 308 g/mol. The van der Waals surface area contributed by atoms with Crippen LogP contribution in [0, 0.1) is 5.92 Å². The Kier molecular flexibility index (Phi) is 3.89. The van der Waals surface area contributed by atoms with Crippen LogP contribution in [0.25, 0.3) is 0 Å². The number of carboxylic acid groups (broad SMARTS) is 1. The van der Waals surface area contributed by atoms with E-state index in [0.29, 0.717) is 22.9 Å². The standard InChI is InChI=1S/C16H18ClNO3/c17-12-7-5-10(6-8-12)15(19)18-13-4-2-1-3-11(13)9-14(18)16(20)21/h5-8,11,13-14H,1-4,9H2,(H,20,21)/t11-,13+,14+/m0/s1. The number of hydrogen-bond acceptors (Lipinski definition) is 2. The molecule has 1 aromatic carbocycles. The highest BCUT2D eigenvalue weighted by Crippen LogP contribution is 2.40. The number of hydrogen-bond donors (Lipinski definition) is 1. The number of fused-ring (bicyclic) bond motifs is 1. The van der Waals surface area contributed by atoms with E-state index in [9.17, 15) is 14.7 Å². The van der Waals surface area contributed by atoms with Crippen LogP contribution in [-0.4, -0.2) is 34.0 Å². The zero-order chi connectivity index (χ0) is 15.0. The van der Waals surface area contributed by atoms with Crippen molar-refractivity contribution in [2.24, 2.45) is 5.92 Å². The average Bonchev–Trinajstić information content (AvgIpc) is 2.87. The predicted molar refractivity (Wildman–Crippen MR) is 79.4 cm³/mol. The normalized spacial score (nSPS) is 28.2. The van der Waals surface area contributed by atoms with Crippen molar-refractivity contribution >= 4 is 23.5 Å². The van der Waals surface area contributed by atoms with Gasteiger partial charge in [-0.05, 0) is 49.4 Å². The summed E-state index contributed by atoms with van der Waals surface area (Å²) in [7, 11) is 0. The highest BCUT2D eigenvalue weighted by Gasteiger charge is 2.47. The topological polar surface area (TPSA) is 57.6 Å². The maximum absolute atomic E-state index is 12.7.